The molecule has 0 fully saturated rings. The average molecular weight is 182 g/mol. The van der Waals surface area contributed by atoms with E-state index in [1.165, 1.54) is 7.11 Å². The SMILES string of the molecule is C=C(C)C=CC(C)(C)CC(=O)OC. The molecule has 0 saturated carbocycles. The van der Waals surface area contributed by atoms with Crippen LogP contribution in [-0.4, -0.2) is 13.1 Å². The van der Waals surface area contributed by atoms with Crippen LogP contribution in [0.5, 0.6) is 0 Å². The van der Waals surface area contributed by atoms with Gasteiger partial charge in [0.15, 0.2) is 0 Å². The van der Waals surface area contributed by atoms with Gasteiger partial charge in [-0.1, -0.05) is 38.2 Å². The summed E-state index contributed by atoms with van der Waals surface area (Å²) in [4.78, 5) is 11.0. The van der Waals surface area contributed by atoms with E-state index in [0.717, 1.165) is 5.57 Å². The van der Waals surface area contributed by atoms with E-state index in [9.17, 15) is 4.79 Å². The number of methoxy groups -OCH3 is 1. The maximum atomic E-state index is 11.0. The van der Waals surface area contributed by atoms with E-state index in [2.05, 4.69) is 11.3 Å². The van der Waals surface area contributed by atoms with Crippen LogP contribution in [0.3, 0.4) is 0 Å². The number of esters is 1. The maximum Gasteiger partial charge on any atom is 0.306 e. The number of hydrogen-bond acceptors (Lipinski definition) is 2. The van der Waals surface area contributed by atoms with Crippen LogP contribution in [0.2, 0.25) is 0 Å². The van der Waals surface area contributed by atoms with Crippen molar-refractivity contribution in [1.82, 2.24) is 0 Å². The summed E-state index contributed by atoms with van der Waals surface area (Å²) < 4.78 is 4.60. The zero-order valence-corrected chi connectivity index (χ0v) is 8.89. The van der Waals surface area contributed by atoms with Crippen molar-refractivity contribution in [2.45, 2.75) is 27.2 Å². The topological polar surface area (TPSA) is 26.3 Å². The fraction of sp³-hybridized carbons (Fsp3) is 0.545. The summed E-state index contributed by atoms with van der Waals surface area (Å²) in [7, 11) is 1.40. The van der Waals surface area contributed by atoms with Crippen LogP contribution < -0.4 is 0 Å². The number of carbonyl (C=O) groups excluding carboxylic acids is 1. The van der Waals surface area contributed by atoms with Crippen LogP contribution in [-0.2, 0) is 9.53 Å². The third-order valence-corrected chi connectivity index (χ3v) is 1.65. The van der Waals surface area contributed by atoms with E-state index >= 15 is 0 Å². The molecule has 0 rings (SSSR count). The molecule has 2 nitrogen and oxygen atoms in total. The maximum absolute atomic E-state index is 11.0. The molecular formula is C11H18O2. The summed E-state index contributed by atoms with van der Waals surface area (Å²) in [6, 6.07) is 0. The number of rotatable bonds is 4. The lowest BCUT2D eigenvalue weighted by atomic mass is 9.88. The lowest BCUT2D eigenvalue weighted by molar-refractivity contribution is -0.142. The van der Waals surface area contributed by atoms with E-state index in [4.69, 9.17) is 0 Å². The third-order valence-electron chi connectivity index (χ3n) is 1.65. The van der Waals surface area contributed by atoms with Gasteiger partial charge in [0.2, 0.25) is 0 Å². The van der Waals surface area contributed by atoms with Crippen LogP contribution in [0.1, 0.15) is 27.2 Å². The molecule has 0 radical (unpaired) electrons. The molecule has 2 heteroatoms. The number of carbonyl (C=O) groups is 1. The average Bonchev–Trinajstić information content (AvgIpc) is 2.00. The molecule has 74 valence electrons. The van der Waals surface area contributed by atoms with Gasteiger partial charge in [-0.3, -0.25) is 4.79 Å². The van der Waals surface area contributed by atoms with Gasteiger partial charge in [0.05, 0.1) is 13.5 Å². The molecule has 0 bridgehead atoms. The highest BCUT2D eigenvalue weighted by atomic mass is 16.5. The van der Waals surface area contributed by atoms with Crippen LogP contribution in [0.15, 0.2) is 24.3 Å². The van der Waals surface area contributed by atoms with Crippen molar-refractivity contribution in [1.29, 1.82) is 0 Å². The largest absolute Gasteiger partial charge is 0.469 e. The first-order valence-electron chi connectivity index (χ1n) is 4.29. The van der Waals surface area contributed by atoms with Crippen LogP contribution in [0.4, 0.5) is 0 Å². The molecule has 0 unspecified atom stereocenters. The van der Waals surface area contributed by atoms with E-state index in [1.807, 2.05) is 32.9 Å². The second-order valence-electron chi connectivity index (χ2n) is 3.92. The Bertz CT molecular complexity index is 224. The third kappa shape index (κ3) is 6.14. The van der Waals surface area contributed by atoms with Gasteiger partial charge in [-0.25, -0.2) is 0 Å². The van der Waals surface area contributed by atoms with Gasteiger partial charge in [0, 0.05) is 0 Å². The molecule has 0 saturated heterocycles. The molecule has 0 aromatic rings. The number of hydrogen-bond donors (Lipinski definition) is 0. The van der Waals surface area contributed by atoms with Gasteiger partial charge in [-0.15, -0.1) is 0 Å². The highest BCUT2D eigenvalue weighted by Crippen LogP contribution is 2.23. The van der Waals surface area contributed by atoms with E-state index in [-0.39, 0.29) is 11.4 Å². The van der Waals surface area contributed by atoms with Crippen molar-refractivity contribution in [2.24, 2.45) is 5.41 Å². The molecule has 0 spiro atoms. The molecule has 0 aromatic heterocycles. The Morgan fingerprint density at radius 1 is 1.54 bits per heavy atom. The highest BCUT2D eigenvalue weighted by molar-refractivity contribution is 5.70. The number of ether oxygens (including phenoxy) is 1. The van der Waals surface area contributed by atoms with Gasteiger partial charge in [0.25, 0.3) is 0 Å². The minimum atomic E-state index is -0.184. The molecule has 0 aromatic carbocycles. The quantitative estimate of drug-likeness (QED) is 0.493. The number of allylic oxidation sites excluding steroid dienone is 3. The van der Waals surface area contributed by atoms with Gasteiger partial charge in [-0.05, 0) is 12.3 Å². The lowest BCUT2D eigenvalue weighted by Gasteiger charge is -2.18. The Balaban J connectivity index is 4.23. The van der Waals surface area contributed by atoms with Crippen molar-refractivity contribution in [3.8, 4) is 0 Å². The van der Waals surface area contributed by atoms with Crippen molar-refractivity contribution in [3.63, 3.8) is 0 Å². The zero-order chi connectivity index (χ0) is 10.5. The predicted octanol–water partition coefficient (Wildman–Crippen LogP) is 2.71. The standard InChI is InChI=1S/C11H18O2/c1-9(2)6-7-11(3,4)8-10(12)13-5/h6-7H,1,8H2,2-5H3. The van der Waals surface area contributed by atoms with E-state index in [1.54, 1.807) is 0 Å². The normalized spacial score (nSPS) is 11.7. The summed E-state index contributed by atoms with van der Waals surface area (Å²) in [5.74, 6) is -0.184. The molecule has 0 heterocycles. The second-order valence-corrected chi connectivity index (χ2v) is 3.92. The molecule has 13 heavy (non-hydrogen) atoms. The Labute approximate surface area is 80.3 Å². The fourth-order valence-corrected chi connectivity index (χ4v) is 0.871. The van der Waals surface area contributed by atoms with Gasteiger partial charge >= 0.3 is 5.97 Å². The van der Waals surface area contributed by atoms with Crippen molar-refractivity contribution in [3.05, 3.63) is 24.3 Å². The van der Waals surface area contributed by atoms with E-state index in [0.29, 0.717) is 6.42 Å². The Morgan fingerprint density at radius 3 is 2.46 bits per heavy atom. The summed E-state index contributed by atoms with van der Waals surface area (Å²) in [6.07, 6.45) is 4.29. The summed E-state index contributed by atoms with van der Waals surface area (Å²) in [5, 5.41) is 0. The first kappa shape index (κ1) is 11.9. The zero-order valence-electron chi connectivity index (χ0n) is 8.89. The van der Waals surface area contributed by atoms with Crippen molar-refractivity contribution >= 4 is 5.97 Å². The predicted molar refractivity (Wildman–Crippen MR) is 54.4 cm³/mol. The van der Waals surface area contributed by atoms with Crippen LogP contribution in [0, 0.1) is 5.41 Å². The molecular weight excluding hydrogens is 164 g/mol. The minimum absolute atomic E-state index is 0.161. The first-order chi connectivity index (χ1) is 5.87. The highest BCUT2D eigenvalue weighted by Gasteiger charge is 2.18. The van der Waals surface area contributed by atoms with Crippen LogP contribution in [0.25, 0.3) is 0 Å². The van der Waals surface area contributed by atoms with Gasteiger partial charge in [-0.2, -0.15) is 0 Å². The monoisotopic (exact) mass is 182 g/mol. The summed E-state index contributed by atoms with van der Waals surface area (Å²) in [6.45, 7) is 9.65. The molecule has 0 N–H and O–H groups in total. The molecule has 0 aliphatic rings. The van der Waals surface area contributed by atoms with Crippen molar-refractivity contribution < 1.29 is 9.53 Å². The van der Waals surface area contributed by atoms with E-state index < -0.39 is 0 Å². The van der Waals surface area contributed by atoms with Gasteiger partial charge in [0.1, 0.15) is 0 Å². The Hall–Kier alpha value is -1.05. The van der Waals surface area contributed by atoms with Crippen molar-refractivity contribution in [2.75, 3.05) is 7.11 Å². The van der Waals surface area contributed by atoms with Crippen LogP contribution >= 0.6 is 0 Å². The Kier molecular flexibility index (Phi) is 4.46. The fourth-order valence-electron chi connectivity index (χ4n) is 0.871. The summed E-state index contributed by atoms with van der Waals surface area (Å²) in [5.41, 5.74) is 0.824. The first-order valence-corrected chi connectivity index (χ1v) is 4.29. The molecule has 0 aliphatic heterocycles. The molecule has 0 amide bonds. The smallest absolute Gasteiger partial charge is 0.306 e. The lowest BCUT2D eigenvalue weighted by Crippen LogP contribution is -2.15. The minimum Gasteiger partial charge on any atom is -0.469 e. The molecule has 0 aliphatic carbocycles. The second kappa shape index (κ2) is 4.85. The Morgan fingerprint density at radius 2 is 2.08 bits per heavy atom. The summed E-state index contributed by atoms with van der Waals surface area (Å²) >= 11 is 0. The van der Waals surface area contributed by atoms with Gasteiger partial charge < -0.3 is 4.74 Å². The molecule has 0 atom stereocenters.